The van der Waals surface area contributed by atoms with E-state index in [0.717, 1.165) is 24.1 Å². The van der Waals surface area contributed by atoms with Crippen molar-refractivity contribution in [1.82, 2.24) is 14.9 Å². The minimum Gasteiger partial charge on any atom is -0.370 e. The van der Waals surface area contributed by atoms with Gasteiger partial charge in [0, 0.05) is 43.1 Å². The van der Waals surface area contributed by atoms with Crippen molar-refractivity contribution < 1.29 is 18.8 Å². The molecule has 0 unspecified atom stereocenters. The largest absolute Gasteiger partial charge is 0.370 e. The monoisotopic (exact) mass is 439 g/mol. The van der Waals surface area contributed by atoms with Crippen LogP contribution in [0.3, 0.4) is 0 Å². The van der Waals surface area contributed by atoms with E-state index >= 15 is 0 Å². The highest BCUT2D eigenvalue weighted by atomic mass is 19.1. The first-order valence-corrected chi connectivity index (χ1v) is 10.8. The van der Waals surface area contributed by atoms with Gasteiger partial charge in [-0.05, 0) is 37.5 Å². The highest BCUT2D eigenvalue weighted by molar-refractivity contribution is 6.00. The Morgan fingerprint density at radius 1 is 1.25 bits per heavy atom. The molecule has 0 spiro atoms. The van der Waals surface area contributed by atoms with Gasteiger partial charge in [-0.25, -0.2) is 14.4 Å². The number of carbonyl (C=O) groups is 3. The third-order valence-electron chi connectivity index (χ3n) is 6.05. The molecule has 2 aliphatic heterocycles. The minimum absolute atomic E-state index is 0.0333. The molecule has 32 heavy (non-hydrogen) atoms. The number of nitrogens with two attached hydrogens (primary N) is 1. The van der Waals surface area contributed by atoms with Crippen molar-refractivity contribution in [2.45, 2.75) is 51.5 Å². The number of rotatable bonds is 6. The molecule has 1 fully saturated rings. The highest BCUT2D eigenvalue weighted by Gasteiger charge is 2.34. The zero-order valence-corrected chi connectivity index (χ0v) is 18.0. The van der Waals surface area contributed by atoms with Gasteiger partial charge < -0.3 is 10.6 Å². The van der Waals surface area contributed by atoms with Crippen LogP contribution >= 0.6 is 0 Å². The SMILES string of the molecule is Cc1nc([C@H]2CCCN(C(=O)CCC(N)=O)C2)nc2c1CC(=O)N2Cc1cccc(F)c1. The number of halogens is 1. The highest BCUT2D eigenvalue weighted by Crippen LogP contribution is 2.33. The number of likely N-dealkylation sites (tertiary alicyclic amines) is 1. The van der Waals surface area contributed by atoms with E-state index in [-0.39, 0.29) is 49.4 Å². The summed E-state index contributed by atoms with van der Waals surface area (Å²) in [5, 5.41) is 0. The van der Waals surface area contributed by atoms with E-state index in [0.29, 0.717) is 30.3 Å². The summed E-state index contributed by atoms with van der Waals surface area (Å²) in [5.74, 6) is 0.0771. The quantitative estimate of drug-likeness (QED) is 0.740. The number of hydrogen-bond donors (Lipinski definition) is 1. The zero-order chi connectivity index (χ0) is 22.8. The van der Waals surface area contributed by atoms with Gasteiger partial charge in [-0.2, -0.15) is 0 Å². The summed E-state index contributed by atoms with van der Waals surface area (Å²) in [6.07, 6.45) is 1.99. The Morgan fingerprint density at radius 3 is 2.81 bits per heavy atom. The van der Waals surface area contributed by atoms with Crippen LogP contribution in [-0.4, -0.2) is 45.7 Å². The van der Waals surface area contributed by atoms with Crippen LogP contribution in [0.4, 0.5) is 10.2 Å². The van der Waals surface area contributed by atoms with Crippen LogP contribution < -0.4 is 10.6 Å². The van der Waals surface area contributed by atoms with Gasteiger partial charge in [0.25, 0.3) is 0 Å². The van der Waals surface area contributed by atoms with Crippen LogP contribution in [0.1, 0.15) is 54.2 Å². The minimum atomic E-state index is -0.493. The summed E-state index contributed by atoms with van der Waals surface area (Å²) in [4.78, 5) is 48.9. The van der Waals surface area contributed by atoms with E-state index in [1.165, 1.54) is 12.1 Å². The van der Waals surface area contributed by atoms with Crippen LogP contribution in [0.2, 0.25) is 0 Å². The second kappa shape index (κ2) is 9.02. The maximum Gasteiger partial charge on any atom is 0.233 e. The van der Waals surface area contributed by atoms with E-state index in [2.05, 4.69) is 4.98 Å². The molecule has 3 heterocycles. The molecular formula is C23H26FN5O3. The number of primary amides is 1. The Morgan fingerprint density at radius 2 is 2.06 bits per heavy atom. The molecule has 3 amide bonds. The molecule has 0 bridgehead atoms. The number of fused-ring (bicyclic) bond motifs is 1. The maximum atomic E-state index is 13.6. The van der Waals surface area contributed by atoms with Crippen molar-refractivity contribution in [1.29, 1.82) is 0 Å². The average Bonchev–Trinajstić information content (AvgIpc) is 3.08. The number of benzene rings is 1. The van der Waals surface area contributed by atoms with Crippen LogP contribution in [0, 0.1) is 12.7 Å². The molecule has 168 valence electrons. The lowest BCUT2D eigenvalue weighted by Crippen LogP contribution is -2.40. The first-order valence-electron chi connectivity index (χ1n) is 10.8. The molecule has 9 heteroatoms. The molecule has 2 aromatic rings. The number of aryl methyl sites for hydroxylation is 1. The van der Waals surface area contributed by atoms with Gasteiger partial charge in [0.2, 0.25) is 17.7 Å². The zero-order valence-electron chi connectivity index (χ0n) is 18.0. The smallest absolute Gasteiger partial charge is 0.233 e. The Bertz CT molecular complexity index is 1070. The van der Waals surface area contributed by atoms with Gasteiger partial charge in [-0.3, -0.25) is 19.3 Å². The second-order valence-electron chi connectivity index (χ2n) is 8.40. The van der Waals surface area contributed by atoms with Gasteiger partial charge in [0.1, 0.15) is 17.5 Å². The maximum absolute atomic E-state index is 13.6. The first kappa shape index (κ1) is 21.9. The van der Waals surface area contributed by atoms with Gasteiger partial charge >= 0.3 is 0 Å². The summed E-state index contributed by atoms with van der Waals surface area (Å²) >= 11 is 0. The molecule has 2 N–H and O–H groups in total. The Hall–Kier alpha value is -3.36. The normalized spacial score (nSPS) is 18.1. The van der Waals surface area contributed by atoms with Crippen LogP contribution in [0.25, 0.3) is 0 Å². The fourth-order valence-corrected chi connectivity index (χ4v) is 4.36. The molecule has 8 nitrogen and oxygen atoms in total. The third-order valence-corrected chi connectivity index (χ3v) is 6.05. The van der Waals surface area contributed by atoms with Crippen molar-refractivity contribution in [2.24, 2.45) is 5.73 Å². The summed E-state index contributed by atoms with van der Waals surface area (Å²) in [6, 6.07) is 6.18. The van der Waals surface area contributed by atoms with E-state index in [4.69, 9.17) is 10.7 Å². The first-order chi connectivity index (χ1) is 15.3. The van der Waals surface area contributed by atoms with E-state index in [9.17, 15) is 18.8 Å². The van der Waals surface area contributed by atoms with Gasteiger partial charge in [0.15, 0.2) is 0 Å². The lowest BCUT2D eigenvalue weighted by Gasteiger charge is -2.32. The van der Waals surface area contributed by atoms with Crippen LogP contribution in [0.5, 0.6) is 0 Å². The Balaban J connectivity index is 1.56. The molecule has 0 saturated carbocycles. The topological polar surface area (TPSA) is 109 Å². The third kappa shape index (κ3) is 4.61. The molecule has 0 radical (unpaired) electrons. The lowest BCUT2D eigenvalue weighted by atomic mass is 9.96. The standard InChI is InChI=1S/C23H26FN5O3/c1-14-18-11-21(32)29(12-15-4-2-6-17(24)10-15)23(18)27-22(26-14)16-5-3-9-28(13-16)20(31)8-7-19(25)30/h2,4,6,10,16H,3,5,7-9,11-13H2,1H3,(H2,25,30)/t16-/m0/s1. The molecule has 1 aromatic heterocycles. The van der Waals surface area contributed by atoms with Crippen molar-refractivity contribution in [2.75, 3.05) is 18.0 Å². The van der Waals surface area contributed by atoms with Gasteiger partial charge in [-0.15, -0.1) is 0 Å². The Labute approximate surface area is 185 Å². The van der Waals surface area contributed by atoms with E-state index in [1.807, 2.05) is 6.92 Å². The molecule has 1 atom stereocenters. The number of carbonyl (C=O) groups excluding carboxylic acids is 3. The van der Waals surface area contributed by atoms with Crippen molar-refractivity contribution >= 4 is 23.5 Å². The van der Waals surface area contributed by atoms with E-state index in [1.54, 1.807) is 21.9 Å². The van der Waals surface area contributed by atoms with Crippen molar-refractivity contribution in [3.8, 4) is 0 Å². The Kier molecular flexibility index (Phi) is 6.16. The molecule has 1 saturated heterocycles. The predicted octanol–water partition coefficient (Wildman–Crippen LogP) is 1.98. The predicted molar refractivity (Wildman–Crippen MR) is 115 cm³/mol. The number of hydrogen-bond acceptors (Lipinski definition) is 5. The van der Waals surface area contributed by atoms with Gasteiger partial charge in [-0.1, -0.05) is 12.1 Å². The molecule has 0 aliphatic carbocycles. The number of anilines is 1. The summed E-state index contributed by atoms with van der Waals surface area (Å²) in [7, 11) is 0. The summed E-state index contributed by atoms with van der Waals surface area (Å²) in [6.45, 7) is 3.19. The lowest BCUT2D eigenvalue weighted by molar-refractivity contribution is -0.134. The fourth-order valence-electron chi connectivity index (χ4n) is 4.36. The van der Waals surface area contributed by atoms with Crippen molar-refractivity contribution in [3.63, 3.8) is 0 Å². The molecule has 4 rings (SSSR count). The average molecular weight is 439 g/mol. The summed E-state index contributed by atoms with van der Waals surface area (Å²) in [5.41, 5.74) is 7.39. The van der Waals surface area contributed by atoms with Crippen molar-refractivity contribution in [3.05, 3.63) is 52.7 Å². The fraction of sp³-hybridized carbons (Fsp3) is 0.435. The second-order valence-corrected chi connectivity index (χ2v) is 8.40. The summed E-state index contributed by atoms with van der Waals surface area (Å²) < 4.78 is 13.6. The molecule has 1 aromatic carbocycles. The number of aromatic nitrogens is 2. The molecular weight excluding hydrogens is 413 g/mol. The van der Waals surface area contributed by atoms with Gasteiger partial charge in [0.05, 0.1) is 13.0 Å². The number of amides is 3. The van der Waals surface area contributed by atoms with E-state index < -0.39 is 5.91 Å². The number of nitrogens with zero attached hydrogens (tertiary/aromatic N) is 4. The number of piperidine rings is 1. The van der Waals surface area contributed by atoms with Crippen LogP contribution in [0.15, 0.2) is 24.3 Å². The van der Waals surface area contributed by atoms with Crippen LogP contribution in [-0.2, 0) is 27.3 Å². The molecule has 2 aliphatic rings.